The smallest absolute Gasteiger partial charge is 0.331 e. The Labute approximate surface area is 155 Å². The summed E-state index contributed by atoms with van der Waals surface area (Å²) in [5.74, 6) is -0.0536. The molecule has 1 unspecified atom stereocenters. The van der Waals surface area contributed by atoms with E-state index in [1.54, 1.807) is 25.3 Å². The summed E-state index contributed by atoms with van der Waals surface area (Å²) in [4.78, 5) is 4.41. The largest absolute Gasteiger partial charge is 0.416 e. The van der Waals surface area contributed by atoms with Gasteiger partial charge in [0, 0.05) is 29.9 Å². The van der Waals surface area contributed by atoms with Gasteiger partial charge in [-0.3, -0.25) is 0 Å². The molecule has 0 amide bonds. The second-order valence-electron chi connectivity index (χ2n) is 6.57. The fraction of sp³-hybridized carbons (Fsp3) is 0.238. The standard InChI is InChI=1S/C21H18F3N3/c1-14(2)16(11-25)10-17-13-27(20-19(17)4-3-9-26-20)12-15-5-7-18(8-6-15)21(22,23)24/h3-5,7-10,13,15H,1,6,12H2,2H3/b16-10+. The predicted molar refractivity (Wildman–Crippen MR) is 99.5 cm³/mol. The molecule has 0 saturated carbocycles. The van der Waals surface area contributed by atoms with Gasteiger partial charge < -0.3 is 4.57 Å². The molecule has 6 heteroatoms. The lowest BCUT2D eigenvalue weighted by molar-refractivity contribution is -0.0887. The lowest BCUT2D eigenvalue weighted by Gasteiger charge is -2.18. The Morgan fingerprint density at radius 2 is 2.26 bits per heavy atom. The zero-order valence-electron chi connectivity index (χ0n) is 14.8. The quantitative estimate of drug-likeness (QED) is 0.521. The fourth-order valence-electron chi connectivity index (χ4n) is 3.07. The number of alkyl halides is 3. The van der Waals surface area contributed by atoms with Crippen molar-refractivity contribution < 1.29 is 13.2 Å². The summed E-state index contributed by atoms with van der Waals surface area (Å²) in [5.41, 5.74) is 2.12. The molecule has 0 bridgehead atoms. The van der Waals surface area contributed by atoms with E-state index in [-0.39, 0.29) is 5.92 Å². The van der Waals surface area contributed by atoms with Crippen molar-refractivity contribution in [3.05, 3.63) is 71.6 Å². The second-order valence-corrected chi connectivity index (χ2v) is 6.57. The van der Waals surface area contributed by atoms with Crippen LogP contribution in [0.1, 0.15) is 18.9 Å². The molecular formula is C21H18F3N3. The minimum Gasteiger partial charge on any atom is -0.331 e. The molecule has 0 aliphatic heterocycles. The molecule has 2 aromatic rings. The van der Waals surface area contributed by atoms with Crippen molar-refractivity contribution in [2.24, 2.45) is 5.92 Å². The van der Waals surface area contributed by atoms with E-state index in [4.69, 9.17) is 0 Å². The van der Waals surface area contributed by atoms with E-state index in [0.717, 1.165) is 22.7 Å². The van der Waals surface area contributed by atoms with Crippen molar-refractivity contribution in [3.63, 3.8) is 0 Å². The van der Waals surface area contributed by atoms with Crippen LogP contribution in [0.25, 0.3) is 17.1 Å². The highest BCUT2D eigenvalue weighted by atomic mass is 19.4. The number of hydrogen-bond donors (Lipinski definition) is 0. The molecule has 1 aliphatic carbocycles. The van der Waals surface area contributed by atoms with Gasteiger partial charge in [-0.15, -0.1) is 0 Å². The third kappa shape index (κ3) is 4.03. The zero-order chi connectivity index (χ0) is 19.6. The van der Waals surface area contributed by atoms with Crippen LogP contribution in [-0.2, 0) is 6.54 Å². The Hall–Kier alpha value is -3.07. The van der Waals surface area contributed by atoms with Crippen LogP contribution in [0.4, 0.5) is 13.2 Å². The van der Waals surface area contributed by atoms with Gasteiger partial charge in [0.15, 0.2) is 0 Å². The van der Waals surface area contributed by atoms with Gasteiger partial charge in [0.25, 0.3) is 0 Å². The molecule has 0 aromatic carbocycles. The van der Waals surface area contributed by atoms with E-state index in [9.17, 15) is 18.4 Å². The number of nitriles is 1. The Morgan fingerprint density at radius 1 is 1.48 bits per heavy atom. The number of halogens is 3. The van der Waals surface area contributed by atoms with Crippen LogP contribution >= 0.6 is 0 Å². The van der Waals surface area contributed by atoms with E-state index in [1.807, 2.05) is 22.9 Å². The molecule has 2 heterocycles. The van der Waals surface area contributed by atoms with Gasteiger partial charge in [0.2, 0.25) is 0 Å². The van der Waals surface area contributed by atoms with Gasteiger partial charge in [-0.05, 0) is 43.0 Å². The molecule has 2 aromatic heterocycles. The molecule has 1 atom stereocenters. The van der Waals surface area contributed by atoms with Crippen molar-refractivity contribution in [1.29, 1.82) is 5.26 Å². The molecule has 0 radical (unpaired) electrons. The number of allylic oxidation sites excluding steroid dienone is 6. The summed E-state index contributed by atoms with van der Waals surface area (Å²) in [5, 5.41) is 10.2. The maximum atomic E-state index is 12.8. The summed E-state index contributed by atoms with van der Waals surface area (Å²) >= 11 is 0. The molecule has 0 saturated heterocycles. The van der Waals surface area contributed by atoms with Crippen LogP contribution in [0.3, 0.4) is 0 Å². The number of rotatable bonds is 4. The maximum Gasteiger partial charge on any atom is 0.416 e. The average molecular weight is 369 g/mol. The molecule has 0 N–H and O–H groups in total. The van der Waals surface area contributed by atoms with Crippen LogP contribution < -0.4 is 0 Å². The summed E-state index contributed by atoms with van der Waals surface area (Å²) in [7, 11) is 0. The first-order chi connectivity index (χ1) is 12.8. The van der Waals surface area contributed by atoms with Gasteiger partial charge in [0.05, 0.1) is 17.2 Å². The number of pyridine rings is 1. The summed E-state index contributed by atoms with van der Waals surface area (Å²) in [6.07, 6.45) is 5.31. The van der Waals surface area contributed by atoms with Gasteiger partial charge in [-0.25, -0.2) is 4.98 Å². The van der Waals surface area contributed by atoms with Crippen LogP contribution in [-0.4, -0.2) is 15.7 Å². The van der Waals surface area contributed by atoms with Crippen LogP contribution in [0.15, 0.2) is 66.1 Å². The first-order valence-corrected chi connectivity index (χ1v) is 8.46. The minimum atomic E-state index is -4.31. The monoisotopic (exact) mass is 369 g/mol. The Morgan fingerprint density at radius 3 is 2.85 bits per heavy atom. The molecule has 3 rings (SSSR count). The van der Waals surface area contributed by atoms with E-state index in [1.165, 1.54) is 6.08 Å². The third-order valence-corrected chi connectivity index (χ3v) is 4.49. The summed E-state index contributed by atoms with van der Waals surface area (Å²) < 4.78 is 40.2. The first-order valence-electron chi connectivity index (χ1n) is 8.46. The van der Waals surface area contributed by atoms with E-state index in [0.29, 0.717) is 24.1 Å². The lowest BCUT2D eigenvalue weighted by Crippen LogP contribution is -2.15. The van der Waals surface area contributed by atoms with Gasteiger partial charge in [-0.2, -0.15) is 18.4 Å². The van der Waals surface area contributed by atoms with Crippen LogP contribution in [0, 0.1) is 17.2 Å². The molecular weight excluding hydrogens is 351 g/mol. The van der Waals surface area contributed by atoms with E-state index in [2.05, 4.69) is 17.6 Å². The Balaban J connectivity index is 1.91. The molecule has 0 fully saturated rings. The van der Waals surface area contributed by atoms with Gasteiger partial charge >= 0.3 is 6.18 Å². The van der Waals surface area contributed by atoms with Crippen molar-refractivity contribution in [2.45, 2.75) is 26.1 Å². The van der Waals surface area contributed by atoms with Crippen molar-refractivity contribution in [2.75, 3.05) is 0 Å². The highest BCUT2D eigenvalue weighted by Gasteiger charge is 2.33. The number of fused-ring (bicyclic) bond motifs is 1. The Bertz CT molecular complexity index is 1010. The van der Waals surface area contributed by atoms with Crippen molar-refractivity contribution in [1.82, 2.24) is 9.55 Å². The van der Waals surface area contributed by atoms with Gasteiger partial charge in [-0.1, -0.05) is 24.8 Å². The van der Waals surface area contributed by atoms with E-state index >= 15 is 0 Å². The van der Waals surface area contributed by atoms with E-state index < -0.39 is 11.7 Å². The zero-order valence-corrected chi connectivity index (χ0v) is 14.8. The number of nitrogens with zero attached hydrogens (tertiary/aromatic N) is 3. The number of aromatic nitrogens is 2. The SMILES string of the molecule is C=C(C)/C(C#N)=C/c1cn(CC2C=CC(C(F)(F)F)=CC2)c2ncccc12. The summed E-state index contributed by atoms with van der Waals surface area (Å²) in [6.45, 7) is 6.09. The van der Waals surface area contributed by atoms with Gasteiger partial charge in [0.1, 0.15) is 5.65 Å². The normalized spacial score (nSPS) is 17.7. The highest BCUT2D eigenvalue weighted by Crippen LogP contribution is 2.32. The topological polar surface area (TPSA) is 41.6 Å². The summed E-state index contributed by atoms with van der Waals surface area (Å²) in [6, 6.07) is 5.86. The molecule has 27 heavy (non-hydrogen) atoms. The average Bonchev–Trinajstić information content (AvgIpc) is 2.97. The Kier molecular flexibility index (Phi) is 5.04. The molecule has 1 aliphatic rings. The minimum absolute atomic E-state index is 0.0536. The lowest BCUT2D eigenvalue weighted by atomic mass is 9.96. The fourth-order valence-corrected chi connectivity index (χ4v) is 3.07. The third-order valence-electron chi connectivity index (χ3n) is 4.49. The maximum absolute atomic E-state index is 12.8. The first kappa shape index (κ1) is 18.7. The predicted octanol–water partition coefficient (Wildman–Crippen LogP) is 5.58. The molecule has 0 spiro atoms. The molecule has 3 nitrogen and oxygen atoms in total. The molecule has 138 valence electrons. The number of hydrogen-bond acceptors (Lipinski definition) is 2. The highest BCUT2D eigenvalue weighted by molar-refractivity contribution is 5.88. The van der Waals surface area contributed by atoms with Crippen LogP contribution in [0.2, 0.25) is 0 Å². The van der Waals surface area contributed by atoms with Crippen molar-refractivity contribution >= 4 is 17.1 Å². The second kappa shape index (κ2) is 7.28. The van der Waals surface area contributed by atoms with Crippen LogP contribution in [0.5, 0.6) is 0 Å². The van der Waals surface area contributed by atoms with Crippen molar-refractivity contribution in [3.8, 4) is 6.07 Å².